The average molecular weight is 335 g/mol. The van der Waals surface area contributed by atoms with E-state index in [1.54, 1.807) is 24.6 Å². The molecule has 0 spiro atoms. The molecule has 3 rings (SSSR count). The van der Waals surface area contributed by atoms with Crippen LogP contribution in [0.1, 0.15) is 11.1 Å². The Morgan fingerprint density at radius 2 is 2.08 bits per heavy atom. The third kappa shape index (κ3) is 3.48. The quantitative estimate of drug-likeness (QED) is 0.717. The number of rotatable bonds is 4. The largest absolute Gasteiger partial charge is 0.497 e. The molecule has 2 aromatic heterocycles. The van der Waals surface area contributed by atoms with E-state index in [0.29, 0.717) is 0 Å². The molecule has 0 aliphatic rings. The minimum absolute atomic E-state index is 0.0881. The predicted molar refractivity (Wildman–Crippen MR) is 80.9 cm³/mol. The maximum atomic E-state index is 13.0. The fourth-order valence-electron chi connectivity index (χ4n) is 2.02. The van der Waals surface area contributed by atoms with Crippen LogP contribution in [-0.4, -0.2) is 21.9 Å². The zero-order chi connectivity index (χ0) is 17.2. The number of halogens is 3. The highest BCUT2D eigenvalue weighted by molar-refractivity contribution is 5.61. The van der Waals surface area contributed by atoms with E-state index >= 15 is 0 Å². The van der Waals surface area contributed by atoms with Crippen molar-refractivity contribution in [1.82, 2.24) is 14.8 Å². The highest BCUT2D eigenvalue weighted by Gasteiger charge is 2.31. The van der Waals surface area contributed by atoms with E-state index in [9.17, 15) is 13.2 Å². The summed E-state index contributed by atoms with van der Waals surface area (Å²) in [5.74, 6) is 0.251. The number of hydrogen-bond acceptors (Lipinski definition) is 4. The van der Waals surface area contributed by atoms with Gasteiger partial charge in [0.15, 0.2) is 5.82 Å². The molecule has 2 heterocycles. The summed E-state index contributed by atoms with van der Waals surface area (Å²) < 4.78 is 50.1. The third-order valence-electron chi connectivity index (χ3n) is 3.20. The van der Waals surface area contributed by atoms with E-state index < -0.39 is 11.7 Å². The first kappa shape index (κ1) is 15.9. The van der Waals surface area contributed by atoms with Crippen molar-refractivity contribution in [3.63, 3.8) is 0 Å². The summed E-state index contributed by atoms with van der Waals surface area (Å²) in [7, 11) is 1.30. The van der Waals surface area contributed by atoms with E-state index in [1.165, 1.54) is 30.4 Å². The van der Waals surface area contributed by atoms with E-state index in [1.807, 2.05) is 0 Å². The standard InChI is InChI=1S/C16H12F3N3O2/c1-23-14-7-12(6-13(8-14)16(17,18)19)15-20-10-22(21-15)4-2-11-3-5-24-9-11/h2-10H,1H3/b4-2-. The van der Waals surface area contributed by atoms with Crippen LogP contribution in [0.15, 0.2) is 47.5 Å². The summed E-state index contributed by atoms with van der Waals surface area (Å²) in [5.41, 5.74) is 0.229. The van der Waals surface area contributed by atoms with Crippen LogP contribution in [0.2, 0.25) is 0 Å². The number of benzene rings is 1. The SMILES string of the molecule is COc1cc(-c2ncn(/C=C\c3ccoc3)n2)cc(C(F)(F)F)c1. The second kappa shape index (κ2) is 6.23. The molecule has 0 aliphatic heterocycles. The second-order valence-electron chi connectivity index (χ2n) is 4.87. The Balaban J connectivity index is 1.92. The van der Waals surface area contributed by atoms with Gasteiger partial charge in [0.25, 0.3) is 0 Å². The number of ether oxygens (including phenoxy) is 1. The van der Waals surface area contributed by atoms with Gasteiger partial charge in [-0.15, -0.1) is 5.10 Å². The van der Waals surface area contributed by atoms with Crippen LogP contribution in [-0.2, 0) is 6.18 Å². The Morgan fingerprint density at radius 3 is 2.75 bits per heavy atom. The summed E-state index contributed by atoms with van der Waals surface area (Å²) in [6.45, 7) is 0. The minimum atomic E-state index is -4.48. The smallest absolute Gasteiger partial charge is 0.416 e. The van der Waals surface area contributed by atoms with Crippen LogP contribution in [0.25, 0.3) is 23.7 Å². The molecule has 0 fully saturated rings. The molecule has 0 amide bonds. The Labute approximate surface area is 135 Å². The lowest BCUT2D eigenvalue weighted by atomic mass is 10.1. The molecule has 1 aromatic carbocycles. The predicted octanol–water partition coefficient (Wildman–Crippen LogP) is 4.19. The zero-order valence-electron chi connectivity index (χ0n) is 12.5. The van der Waals surface area contributed by atoms with Crippen molar-refractivity contribution in [2.24, 2.45) is 0 Å². The summed E-state index contributed by atoms with van der Waals surface area (Å²) in [6.07, 6.45) is 3.35. The number of nitrogens with zero attached hydrogens (tertiary/aromatic N) is 3. The van der Waals surface area contributed by atoms with Crippen LogP contribution < -0.4 is 4.74 Å². The van der Waals surface area contributed by atoms with Gasteiger partial charge >= 0.3 is 6.18 Å². The molecule has 0 saturated heterocycles. The molecule has 8 heteroatoms. The fourth-order valence-corrected chi connectivity index (χ4v) is 2.02. The Bertz CT molecular complexity index is 852. The van der Waals surface area contributed by atoms with E-state index in [4.69, 9.17) is 9.15 Å². The lowest BCUT2D eigenvalue weighted by Crippen LogP contribution is -2.05. The zero-order valence-corrected chi connectivity index (χ0v) is 12.5. The lowest BCUT2D eigenvalue weighted by Gasteiger charge is -2.10. The molecule has 0 unspecified atom stereocenters. The van der Waals surface area contributed by atoms with Crippen LogP contribution in [0.3, 0.4) is 0 Å². The maximum Gasteiger partial charge on any atom is 0.416 e. The van der Waals surface area contributed by atoms with Crippen molar-refractivity contribution in [3.8, 4) is 17.1 Å². The van der Waals surface area contributed by atoms with Crippen LogP contribution in [0.4, 0.5) is 13.2 Å². The van der Waals surface area contributed by atoms with Crippen molar-refractivity contribution in [2.45, 2.75) is 6.18 Å². The minimum Gasteiger partial charge on any atom is -0.497 e. The van der Waals surface area contributed by atoms with Gasteiger partial charge in [-0.1, -0.05) is 0 Å². The number of alkyl halides is 3. The van der Waals surface area contributed by atoms with Crippen molar-refractivity contribution < 1.29 is 22.3 Å². The van der Waals surface area contributed by atoms with Gasteiger partial charge in [-0.25, -0.2) is 9.67 Å². The Kier molecular flexibility index (Phi) is 4.11. The van der Waals surface area contributed by atoms with E-state index in [2.05, 4.69) is 10.1 Å². The maximum absolute atomic E-state index is 13.0. The molecule has 0 N–H and O–H groups in total. The third-order valence-corrected chi connectivity index (χ3v) is 3.20. The normalized spacial score (nSPS) is 12.0. The van der Waals surface area contributed by atoms with Gasteiger partial charge in [-0.05, 0) is 30.3 Å². The first-order valence-corrected chi connectivity index (χ1v) is 6.84. The van der Waals surface area contributed by atoms with Gasteiger partial charge in [0.2, 0.25) is 0 Å². The molecule has 24 heavy (non-hydrogen) atoms. The molecular weight excluding hydrogens is 323 g/mol. The molecule has 0 radical (unpaired) electrons. The number of aromatic nitrogens is 3. The van der Waals surface area contributed by atoms with Gasteiger partial charge in [0.1, 0.15) is 12.1 Å². The topological polar surface area (TPSA) is 53.1 Å². The van der Waals surface area contributed by atoms with Crippen molar-refractivity contribution in [1.29, 1.82) is 0 Å². The molecular formula is C16H12F3N3O2. The van der Waals surface area contributed by atoms with Gasteiger partial charge in [0.05, 0.1) is 25.2 Å². The molecule has 5 nitrogen and oxygen atoms in total. The highest BCUT2D eigenvalue weighted by atomic mass is 19.4. The van der Waals surface area contributed by atoms with Crippen LogP contribution in [0.5, 0.6) is 5.75 Å². The summed E-state index contributed by atoms with van der Waals surface area (Å²) in [5, 5.41) is 4.14. The number of hydrogen-bond donors (Lipinski definition) is 0. The second-order valence-corrected chi connectivity index (χ2v) is 4.87. The average Bonchev–Trinajstić information content (AvgIpc) is 3.23. The van der Waals surface area contributed by atoms with Crippen molar-refractivity contribution in [3.05, 3.63) is 54.2 Å². The molecule has 0 aliphatic carbocycles. The van der Waals surface area contributed by atoms with Gasteiger partial charge < -0.3 is 9.15 Å². The molecule has 0 bridgehead atoms. The lowest BCUT2D eigenvalue weighted by molar-refractivity contribution is -0.137. The monoisotopic (exact) mass is 335 g/mol. The fraction of sp³-hybridized carbons (Fsp3) is 0.125. The van der Waals surface area contributed by atoms with Crippen molar-refractivity contribution in [2.75, 3.05) is 7.11 Å². The van der Waals surface area contributed by atoms with E-state index in [0.717, 1.165) is 17.7 Å². The van der Waals surface area contributed by atoms with Gasteiger partial charge in [-0.2, -0.15) is 13.2 Å². The molecule has 0 atom stereocenters. The van der Waals surface area contributed by atoms with Gasteiger partial charge in [0, 0.05) is 17.3 Å². The summed E-state index contributed by atoms with van der Waals surface area (Å²) in [6, 6.07) is 5.13. The Hall–Kier alpha value is -3.03. The summed E-state index contributed by atoms with van der Waals surface area (Å²) >= 11 is 0. The molecule has 0 saturated carbocycles. The highest BCUT2D eigenvalue weighted by Crippen LogP contribution is 2.34. The summed E-state index contributed by atoms with van der Waals surface area (Å²) in [4.78, 5) is 4.04. The first-order valence-electron chi connectivity index (χ1n) is 6.84. The number of furan rings is 1. The van der Waals surface area contributed by atoms with E-state index in [-0.39, 0.29) is 17.1 Å². The van der Waals surface area contributed by atoms with Crippen LogP contribution >= 0.6 is 0 Å². The number of methoxy groups -OCH3 is 1. The molecule has 124 valence electrons. The van der Waals surface area contributed by atoms with Gasteiger partial charge in [-0.3, -0.25) is 0 Å². The molecule has 3 aromatic rings. The van der Waals surface area contributed by atoms with Crippen LogP contribution in [0, 0.1) is 0 Å². The Morgan fingerprint density at radius 1 is 1.25 bits per heavy atom. The van der Waals surface area contributed by atoms with Crippen molar-refractivity contribution >= 4 is 12.3 Å². The first-order chi connectivity index (χ1) is 11.5.